The molecule has 4 heterocycles. The van der Waals surface area contributed by atoms with Gasteiger partial charge in [0.15, 0.2) is 5.65 Å². The van der Waals surface area contributed by atoms with E-state index in [0.29, 0.717) is 12.3 Å². The van der Waals surface area contributed by atoms with Crippen molar-refractivity contribution >= 4 is 5.65 Å². The van der Waals surface area contributed by atoms with Gasteiger partial charge in [-0.15, -0.1) is 0 Å². The fraction of sp³-hybridized carbons (Fsp3) is 0.292. The van der Waals surface area contributed by atoms with Gasteiger partial charge in [0.2, 0.25) is 5.95 Å². The molecule has 31 heavy (non-hydrogen) atoms. The second-order valence-corrected chi connectivity index (χ2v) is 7.81. The predicted octanol–water partition coefficient (Wildman–Crippen LogP) is 4.46. The summed E-state index contributed by atoms with van der Waals surface area (Å²) in [6.45, 7) is 4.06. The average molecular weight is 417 g/mol. The largest absolute Gasteiger partial charge is 0.492 e. The third-order valence-corrected chi connectivity index (χ3v) is 5.71. The molecule has 1 aliphatic rings. The van der Waals surface area contributed by atoms with Crippen LogP contribution in [0.2, 0.25) is 0 Å². The van der Waals surface area contributed by atoms with E-state index in [-0.39, 0.29) is 0 Å². The second kappa shape index (κ2) is 8.81. The van der Waals surface area contributed by atoms with Crippen LogP contribution < -0.4 is 4.74 Å². The van der Waals surface area contributed by atoms with E-state index in [1.54, 1.807) is 16.8 Å². The number of rotatable bonds is 6. The van der Waals surface area contributed by atoms with Crippen molar-refractivity contribution in [3.63, 3.8) is 0 Å². The van der Waals surface area contributed by atoms with E-state index in [1.807, 2.05) is 36.7 Å². The van der Waals surface area contributed by atoms with Crippen LogP contribution in [0.25, 0.3) is 27.9 Å². The Labute approximate surface area is 180 Å². The number of piperidine rings is 1. The molecule has 0 radical (unpaired) electrons. The molecule has 3 aromatic heterocycles. The van der Waals surface area contributed by atoms with Gasteiger partial charge in [-0.2, -0.15) is 9.49 Å². The highest BCUT2D eigenvalue weighted by atomic mass is 19.1. The lowest BCUT2D eigenvalue weighted by atomic mass is 10.1. The number of benzene rings is 1. The Morgan fingerprint density at radius 3 is 2.39 bits per heavy atom. The van der Waals surface area contributed by atoms with Gasteiger partial charge in [0, 0.05) is 41.8 Å². The monoisotopic (exact) mass is 417 g/mol. The first kappa shape index (κ1) is 19.6. The SMILES string of the molecule is Fc1ccc(-c2cnn3cc(-c4ccc(OCCN5CCCCC5)cc4)cnc23)cn1. The molecule has 158 valence electrons. The minimum absolute atomic E-state index is 0.505. The van der Waals surface area contributed by atoms with Gasteiger partial charge >= 0.3 is 0 Å². The molecule has 1 fully saturated rings. The summed E-state index contributed by atoms with van der Waals surface area (Å²) in [5.41, 5.74) is 4.30. The third kappa shape index (κ3) is 4.41. The smallest absolute Gasteiger partial charge is 0.212 e. The number of fused-ring (bicyclic) bond motifs is 1. The van der Waals surface area contributed by atoms with Crippen LogP contribution in [0.3, 0.4) is 0 Å². The van der Waals surface area contributed by atoms with Crippen molar-refractivity contribution in [3.8, 4) is 28.0 Å². The molecule has 6 nitrogen and oxygen atoms in total. The van der Waals surface area contributed by atoms with E-state index in [2.05, 4.69) is 20.0 Å². The first-order valence-corrected chi connectivity index (χ1v) is 10.7. The first-order valence-electron chi connectivity index (χ1n) is 10.7. The highest BCUT2D eigenvalue weighted by Gasteiger charge is 2.11. The number of likely N-dealkylation sites (tertiary alicyclic amines) is 1. The molecule has 0 saturated carbocycles. The van der Waals surface area contributed by atoms with Crippen LogP contribution in [0.15, 0.2) is 61.2 Å². The molecule has 7 heteroatoms. The lowest BCUT2D eigenvalue weighted by Gasteiger charge is -2.26. The van der Waals surface area contributed by atoms with Crippen molar-refractivity contribution in [2.45, 2.75) is 19.3 Å². The summed E-state index contributed by atoms with van der Waals surface area (Å²) < 4.78 is 20.8. The lowest BCUT2D eigenvalue weighted by molar-refractivity contribution is 0.183. The maximum atomic E-state index is 13.1. The Morgan fingerprint density at radius 1 is 0.839 bits per heavy atom. The minimum atomic E-state index is -0.505. The third-order valence-electron chi connectivity index (χ3n) is 5.71. The van der Waals surface area contributed by atoms with Crippen molar-refractivity contribution in [1.29, 1.82) is 0 Å². The first-order chi connectivity index (χ1) is 15.3. The molecule has 0 atom stereocenters. The van der Waals surface area contributed by atoms with Crippen LogP contribution in [0.1, 0.15) is 19.3 Å². The van der Waals surface area contributed by atoms with Crippen LogP contribution in [-0.4, -0.2) is 50.7 Å². The summed E-state index contributed by atoms with van der Waals surface area (Å²) in [7, 11) is 0. The van der Waals surface area contributed by atoms with Gasteiger partial charge in [-0.1, -0.05) is 18.6 Å². The Morgan fingerprint density at radius 2 is 1.61 bits per heavy atom. The van der Waals surface area contributed by atoms with Gasteiger partial charge in [-0.25, -0.2) is 14.5 Å². The van der Waals surface area contributed by atoms with Crippen LogP contribution in [0.5, 0.6) is 5.75 Å². The Hall–Kier alpha value is -3.32. The van der Waals surface area contributed by atoms with Crippen LogP contribution >= 0.6 is 0 Å². The molecule has 0 amide bonds. The highest BCUT2D eigenvalue weighted by Crippen LogP contribution is 2.26. The van der Waals surface area contributed by atoms with E-state index in [9.17, 15) is 4.39 Å². The van der Waals surface area contributed by atoms with E-state index < -0.39 is 5.95 Å². The minimum Gasteiger partial charge on any atom is -0.492 e. The molecule has 0 spiro atoms. The van der Waals surface area contributed by atoms with E-state index >= 15 is 0 Å². The van der Waals surface area contributed by atoms with Crippen molar-refractivity contribution in [2.75, 3.05) is 26.2 Å². The van der Waals surface area contributed by atoms with Crippen molar-refractivity contribution in [3.05, 3.63) is 67.1 Å². The van der Waals surface area contributed by atoms with Gasteiger partial charge in [-0.3, -0.25) is 4.90 Å². The molecule has 1 aliphatic heterocycles. The van der Waals surface area contributed by atoms with Crippen molar-refractivity contribution in [1.82, 2.24) is 24.5 Å². The van der Waals surface area contributed by atoms with Crippen LogP contribution in [-0.2, 0) is 0 Å². The molecule has 5 rings (SSSR count). The average Bonchev–Trinajstić information content (AvgIpc) is 3.24. The number of pyridine rings is 1. The molecule has 0 N–H and O–H groups in total. The number of halogens is 1. The number of ether oxygens (including phenoxy) is 1. The van der Waals surface area contributed by atoms with Gasteiger partial charge < -0.3 is 4.74 Å². The molecule has 0 unspecified atom stereocenters. The Kier molecular flexibility index (Phi) is 5.58. The maximum Gasteiger partial charge on any atom is 0.212 e. The van der Waals surface area contributed by atoms with E-state index in [0.717, 1.165) is 34.5 Å². The summed E-state index contributed by atoms with van der Waals surface area (Å²) in [6.07, 6.45) is 10.9. The molecule has 4 aromatic rings. The molecule has 1 saturated heterocycles. The zero-order chi connectivity index (χ0) is 21.0. The van der Waals surface area contributed by atoms with Crippen LogP contribution in [0.4, 0.5) is 4.39 Å². The van der Waals surface area contributed by atoms with Gasteiger partial charge in [0.25, 0.3) is 0 Å². The topological polar surface area (TPSA) is 55.6 Å². The van der Waals surface area contributed by atoms with E-state index in [4.69, 9.17) is 4.74 Å². The Balaban J connectivity index is 1.27. The molecular weight excluding hydrogens is 393 g/mol. The molecule has 0 bridgehead atoms. The van der Waals surface area contributed by atoms with Gasteiger partial charge in [-0.05, 0) is 55.8 Å². The van der Waals surface area contributed by atoms with Gasteiger partial charge in [0.1, 0.15) is 12.4 Å². The number of hydrogen-bond acceptors (Lipinski definition) is 5. The second-order valence-electron chi connectivity index (χ2n) is 7.81. The molecule has 1 aromatic carbocycles. The fourth-order valence-electron chi connectivity index (χ4n) is 3.98. The number of hydrogen-bond donors (Lipinski definition) is 0. The summed E-state index contributed by atoms with van der Waals surface area (Å²) in [5.74, 6) is 0.370. The number of aromatic nitrogens is 4. The Bertz CT molecular complexity index is 1150. The standard InChI is InChI=1S/C24H24FN5O/c25-23-9-6-19(14-26-23)22-16-28-30-17-20(15-27-24(22)30)18-4-7-21(8-5-18)31-13-12-29-10-2-1-3-11-29/h4-9,14-17H,1-3,10-13H2. The zero-order valence-electron chi connectivity index (χ0n) is 17.2. The summed E-state index contributed by atoms with van der Waals surface area (Å²) in [4.78, 5) is 10.8. The van der Waals surface area contributed by atoms with Crippen molar-refractivity contribution in [2.24, 2.45) is 0 Å². The highest BCUT2D eigenvalue weighted by molar-refractivity contribution is 5.77. The number of nitrogens with zero attached hydrogens (tertiary/aromatic N) is 5. The zero-order valence-corrected chi connectivity index (χ0v) is 17.2. The van der Waals surface area contributed by atoms with Gasteiger partial charge in [0.05, 0.1) is 6.20 Å². The maximum absolute atomic E-state index is 13.1. The summed E-state index contributed by atoms with van der Waals surface area (Å²) in [6, 6.07) is 11.1. The molecular formula is C24H24FN5O. The van der Waals surface area contributed by atoms with Crippen molar-refractivity contribution < 1.29 is 9.13 Å². The normalized spacial score (nSPS) is 14.7. The summed E-state index contributed by atoms with van der Waals surface area (Å²) in [5, 5.41) is 4.41. The predicted molar refractivity (Wildman–Crippen MR) is 117 cm³/mol. The van der Waals surface area contributed by atoms with Crippen LogP contribution in [0, 0.1) is 5.95 Å². The fourth-order valence-corrected chi connectivity index (χ4v) is 3.98. The lowest BCUT2D eigenvalue weighted by Crippen LogP contribution is -2.33. The summed E-state index contributed by atoms with van der Waals surface area (Å²) >= 11 is 0. The van der Waals surface area contributed by atoms with E-state index in [1.165, 1.54) is 44.6 Å². The quantitative estimate of drug-likeness (QED) is 0.434. The molecule has 0 aliphatic carbocycles.